The lowest BCUT2D eigenvalue weighted by Crippen LogP contribution is -2.19. The molecule has 1 fully saturated rings. The highest BCUT2D eigenvalue weighted by Gasteiger charge is 2.24. The minimum absolute atomic E-state index is 0.00343. The summed E-state index contributed by atoms with van der Waals surface area (Å²) in [5.41, 5.74) is 4.20. The van der Waals surface area contributed by atoms with Crippen LogP contribution in [0.4, 0.5) is 11.4 Å². The molecule has 1 N–H and O–H groups in total. The van der Waals surface area contributed by atoms with Crippen molar-refractivity contribution < 1.29 is 14.5 Å². The summed E-state index contributed by atoms with van der Waals surface area (Å²) in [6.07, 6.45) is 1.68. The zero-order valence-electron chi connectivity index (χ0n) is 19.0. The summed E-state index contributed by atoms with van der Waals surface area (Å²) >= 11 is 17.6. The van der Waals surface area contributed by atoms with Crippen LogP contribution in [0.15, 0.2) is 62.9 Å². The Labute approximate surface area is 229 Å². The second-order valence-corrected chi connectivity index (χ2v) is 10.5. The van der Waals surface area contributed by atoms with Gasteiger partial charge in [-0.1, -0.05) is 39.1 Å². The molecule has 36 heavy (non-hydrogen) atoms. The molecular formula is C25H18BrCl2N3O4S. The number of aryl methyl sites for hydroxylation is 2. The molecule has 1 saturated heterocycles. The van der Waals surface area contributed by atoms with Crippen LogP contribution in [0, 0.1) is 24.0 Å². The highest BCUT2D eigenvalue weighted by molar-refractivity contribution is 9.10. The third kappa shape index (κ3) is 6.10. The van der Waals surface area contributed by atoms with Crippen LogP contribution in [0.25, 0.3) is 6.08 Å². The van der Waals surface area contributed by atoms with Gasteiger partial charge in [0.2, 0.25) is 0 Å². The standard InChI is InChI=1S/C25H18BrCl2N3O4S/c1-13-7-17(8-14(2)22(13)26)29-25-30-24(32)21(36-25)11-16-9-19(27)23(20(28)10-16)35-12-15-3-5-18(6-4-15)31(33)34/h3-11H,12H2,1-2H3,(H,29,30,32)/b21-11-. The number of hydrogen-bond donors (Lipinski definition) is 1. The molecular weight excluding hydrogens is 589 g/mol. The van der Waals surface area contributed by atoms with E-state index < -0.39 is 4.92 Å². The molecule has 0 aromatic heterocycles. The van der Waals surface area contributed by atoms with Gasteiger partial charge in [-0.05, 0) is 90.3 Å². The summed E-state index contributed by atoms with van der Waals surface area (Å²) < 4.78 is 6.78. The quantitative estimate of drug-likeness (QED) is 0.176. The van der Waals surface area contributed by atoms with E-state index in [1.165, 1.54) is 23.9 Å². The topological polar surface area (TPSA) is 93.8 Å². The fraction of sp³-hybridized carbons (Fsp3) is 0.120. The number of nitro benzene ring substituents is 1. The van der Waals surface area contributed by atoms with Gasteiger partial charge >= 0.3 is 0 Å². The molecule has 1 aliphatic heterocycles. The number of nitrogens with zero attached hydrogens (tertiary/aromatic N) is 2. The van der Waals surface area contributed by atoms with E-state index >= 15 is 0 Å². The maximum Gasteiger partial charge on any atom is 0.269 e. The number of thioether (sulfide) groups is 1. The largest absolute Gasteiger partial charge is 0.486 e. The van der Waals surface area contributed by atoms with Gasteiger partial charge in [-0.2, -0.15) is 0 Å². The molecule has 0 saturated carbocycles. The summed E-state index contributed by atoms with van der Waals surface area (Å²) in [6, 6.07) is 13.2. The Kier molecular flexibility index (Phi) is 8.04. The van der Waals surface area contributed by atoms with E-state index in [2.05, 4.69) is 26.2 Å². The van der Waals surface area contributed by atoms with Crippen molar-refractivity contribution in [2.24, 2.45) is 4.99 Å². The van der Waals surface area contributed by atoms with Gasteiger partial charge in [0.05, 0.1) is 25.6 Å². The van der Waals surface area contributed by atoms with Crippen molar-refractivity contribution in [3.63, 3.8) is 0 Å². The first-order valence-corrected chi connectivity index (χ1v) is 12.9. The van der Waals surface area contributed by atoms with Crippen LogP contribution in [0.2, 0.25) is 10.0 Å². The third-order valence-electron chi connectivity index (χ3n) is 5.15. The Morgan fingerprint density at radius 3 is 2.31 bits per heavy atom. The van der Waals surface area contributed by atoms with E-state index in [1.54, 1.807) is 30.3 Å². The minimum atomic E-state index is -0.466. The molecule has 3 aromatic rings. The number of benzene rings is 3. The monoisotopic (exact) mass is 605 g/mol. The first-order chi connectivity index (χ1) is 17.1. The number of nitro groups is 1. The van der Waals surface area contributed by atoms with E-state index in [0.29, 0.717) is 15.6 Å². The van der Waals surface area contributed by atoms with Crippen molar-refractivity contribution in [2.45, 2.75) is 20.5 Å². The molecule has 0 radical (unpaired) electrons. The SMILES string of the molecule is Cc1cc(N=C2NC(=O)/C(=C/c3cc(Cl)c(OCc4ccc([N+](=O)[O-])cc4)c(Cl)c3)S2)cc(C)c1Br. The van der Waals surface area contributed by atoms with Crippen molar-refractivity contribution in [3.8, 4) is 5.75 Å². The number of rotatable bonds is 6. The van der Waals surface area contributed by atoms with Crippen molar-refractivity contribution >= 4 is 79.4 Å². The van der Waals surface area contributed by atoms with E-state index in [9.17, 15) is 14.9 Å². The Balaban J connectivity index is 1.49. The molecule has 1 amide bonds. The van der Waals surface area contributed by atoms with Gasteiger partial charge < -0.3 is 10.1 Å². The lowest BCUT2D eigenvalue weighted by molar-refractivity contribution is -0.384. The van der Waals surface area contributed by atoms with Gasteiger partial charge in [0, 0.05) is 16.6 Å². The predicted molar refractivity (Wildman–Crippen MR) is 148 cm³/mol. The van der Waals surface area contributed by atoms with Crippen LogP contribution in [0.1, 0.15) is 22.3 Å². The average Bonchev–Trinajstić information content (AvgIpc) is 3.15. The van der Waals surface area contributed by atoms with Gasteiger partial charge in [-0.25, -0.2) is 4.99 Å². The number of hydrogen-bond acceptors (Lipinski definition) is 6. The Hall–Kier alpha value is -2.85. The van der Waals surface area contributed by atoms with Crippen LogP contribution in [0.5, 0.6) is 5.75 Å². The fourth-order valence-corrected chi connectivity index (χ4v) is 5.09. The third-order valence-corrected chi connectivity index (χ3v) is 7.87. The number of ether oxygens (including phenoxy) is 1. The number of non-ortho nitro benzene ring substituents is 1. The molecule has 1 heterocycles. The summed E-state index contributed by atoms with van der Waals surface area (Å²) in [4.78, 5) is 27.8. The summed E-state index contributed by atoms with van der Waals surface area (Å²) in [5.74, 6) is 0.0145. The van der Waals surface area contributed by atoms with Gasteiger partial charge in [-0.3, -0.25) is 14.9 Å². The van der Waals surface area contributed by atoms with Gasteiger partial charge in [0.25, 0.3) is 11.6 Å². The summed E-state index contributed by atoms with van der Waals surface area (Å²) in [5, 5.41) is 14.6. The molecule has 0 atom stereocenters. The molecule has 1 aliphatic rings. The number of halogens is 3. The predicted octanol–water partition coefficient (Wildman–Crippen LogP) is 7.75. The number of carbonyl (C=O) groups is 1. The fourth-order valence-electron chi connectivity index (χ4n) is 3.41. The first-order valence-electron chi connectivity index (χ1n) is 10.5. The van der Waals surface area contributed by atoms with Crippen molar-refractivity contribution in [1.82, 2.24) is 5.32 Å². The van der Waals surface area contributed by atoms with Gasteiger partial charge in [0.1, 0.15) is 6.61 Å². The molecule has 3 aromatic carbocycles. The van der Waals surface area contributed by atoms with Crippen molar-refractivity contribution in [3.05, 3.63) is 100 Å². The molecule has 0 spiro atoms. The zero-order chi connectivity index (χ0) is 26.0. The van der Waals surface area contributed by atoms with E-state index in [4.69, 9.17) is 27.9 Å². The van der Waals surface area contributed by atoms with Crippen LogP contribution in [-0.4, -0.2) is 16.0 Å². The van der Waals surface area contributed by atoms with E-state index in [1.807, 2.05) is 26.0 Å². The molecule has 0 unspecified atom stereocenters. The highest BCUT2D eigenvalue weighted by Crippen LogP contribution is 2.37. The second-order valence-electron chi connectivity index (χ2n) is 7.90. The lowest BCUT2D eigenvalue weighted by Gasteiger charge is -2.11. The normalized spacial score (nSPS) is 15.4. The van der Waals surface area contributed by atoms with Gasteiger partial charge in [0.15, 0.2) is 10.9 Å². The number of carbonyl (C=O) groups excluding carboxylic acids is 1. The van der Waals surface area contributed by atoms with Crippen LogP contribution in [0.3, 0.4) is 0 Å². The molecule has 7 nitrogen and oxygen atoms in total. The second kappa shape index (κ2) is 11.0. The van der Waals surface area contributed by atoms with Crippen LogP contribution >= 0.6 is 50.9 Å². The van der Waals surface area contributed by atoms with E-state index in [0.717, 1.165) is 26.9 Å². The maximum atomic E-state index is 12.5. The number of amidine groups is 1. The minimum Gasteiger partial charge on any atom is -0.486 e. The summed E-state index contributed by atoms with van der Waals surface area (Å²) in [6.45, 7) is 4.10. The molecule has 184 valence electrons. The molecule has 0 bridgehead atoms. The van der Waals surface area contributed by atoms with E-state index in [-0.39, 0.29) is 34.0 Å². The maximum absolute atomic E-state index is 12.5. The van der Waals surface area contributed by atoms with Crippen molar-refractivity contribution in [2.75, 3.05) is 0 Å². The Morgan fingerprint density at radius 2 is 1.72 bits per heavy atom. The highest BCUT2D eigenvalue weighted by atomic mass is 79.9. The van der Waals surface area contributed by atoms with Crippen LogP contribution in [-0.2, 0) is 11.4 Å². The molecule has 4 rings (SSSR count). The molecule has 11 heteroatoms. The first kappa shape index (κ1) is 26.2. The van der Waals surface area contributed by atoms with Crippen molar-refractivity contribution in [1.29, 1.82) is 0 Å². The zero-order valence-corrected chi connectivity index (χ0v) is 22.9. The smallest absolute Gasteiger partial charge is 0.269 e. The van der Waals surface area contributed by atoms with Crippen LogP contribution < -0.4 is 10.1 Å². The van der Waals surface area contributed by atoms with Gasteiger partial charge in [-0.15, -0.1) is 0 Å². The molecule has 0 aliphatic carbocycles. The Morgan fingerprint density at radius 1 is 1.11 bits per heavy atom. The summed E-state index contributed by atoms with van der Waals surface area (Å²) in [7, 11) is 0. The number of nitrogens with one attached hydrogen (secondary N) is 1. The average molecular weight is 607 g/mol. The number of amides is 1. The number of aliphatic imine (C=N–C) groups is 1. The lowest BCUT2D eigenvalue weighted by atomic mass is 10.1. The Bertz CT molecular complexity index is 1400.